The Balaban J connectivity index is 2.40. The van der Waals surface area contributed by atoms with Gasteiger partial charge in [-0.25, -0.2) is 13.6 Å². The topological polar surface area (TPSA) is 63.4 Å². The van der Waals surface area contributed by atoms with E-state index in [1.165, 1.54) is 0 Å². The van der Waals surface area contributed by atoms with Gasteiger partial charge in [0.1, 0.15) is 0 Å². The van der Waals surface area contributed by atoms with Crippen LogP contribution in [0.5, 0.6) is 0 Å². The molecule has 0 unspecified atom stereocenters. The van der Waals surface area contributed by atoms with Gasteiger partial charge < -0.3 is 4.90 Å². The van der Waals surface area contributed by atoms with Crippen LogP contribution in [0.1, 0.15) is 5.56 Å². The molecule has 0 aliphatic carbocycles. The molecule has 0 aliphatic rings. The summed E-state index contributed by atoms with van der Waals surface area (Å²) in [5.41, 5.74) is 1.16. The second-order valence-corrected chi connectivity index (χ2v) is 5.32. The number of benzene rings is 1. The summed E-state index contributed by atoms with van der Waals surface area (Å²) in [5, 5.41) is 4.92. The number of nitrogens with two attached hydrogens (primary N) is 1. The molecule has 0 atom stereocenters. The van der Waals surface area contributed by atoms with Gasteiger partial charge in [-0.2, -0.15) is 0 Å². The lowest BCUT2D eigenvalue weighted by molar-refractivity contribution is 0.346. The molecule has 0 bridgehead atoms. The Bertz CT molecular complexity index is 389. The third kappa shape index (κ3) is 5.51. The van der Waals surface area contributed by atoms with E-state index in [0.717, 1.165) is 12.1 Å². The lowest BCUT2D eigenvalue weighted by atomic mass is 10.2. The van der Waals surface area contributed by atoms with Crippen LogP contribution in [-0.4, -0.2) is 32.7 Å². The van der Waals surface area contributed by atoms with Crippen LogP contribution in [0, 0.1) is 0 Å². The Morgan fingerprint density at radius 2 is 1.87 bits per heavy atom. The van der Waals surface area contributed by atoms with Crippen LogP contribution in [0.2, 0.25) is 0 Å². The smallest absolute Gasteiger partial charge is 0.210 e. The number of rotatable bonds is 5. The lowest BCUT2D eigenvalue weighted by Gasteiger charge is -2.15. The van der Waals surface area contributed by atoms with Gasteiger partial charge in [0.2, 0.25) is 10.0 Å². The summed E-state index contributed by atoms with van der Waals surface area (Å²) >= 11 is 0. The maximum Gasteiger partial charge on any atom is 0.210 e. The number of sulfonamides is 1. The van der Waals surface area contributed by atoms with Gasteiger partial charge >= 0.3 is 0 Å². The van der Waals surface area contributed by atoms with Gasteiger partial charge in [-0.1, -0.05) is 30.3 Å². The molecule has 2 N–H and O–H groups in total. The van der Waals surface area contributed by atoms with Crippen molar-refractivity contribution in [3.8, 4) is 0 Å². The van der Waals surface area contributed by atoms with Gasteiger partial charge in [-0.3, -0.25) is 0 Å². The molecule has 0 spiro atoms. The fourth-order valence-electron chi connectivity index (χ4n) is 1.26. The van der Waals surface area contributed by atoms with E-state index in [-0.39, 0.29) is 5.75 Å². The minimum atomic E-state index is -3.35. The van der Waals surface area contributed by atoms with Crippen molar-refractivity contribution >= 4 is 10.0 Å². The van der Waals surface area contributed by atoms with E-state index < -0.39 is 10.0 Å². The minimum absolute atomic E-state index is 0.00364. The maximum atomic E-state index is 10.7. The van der Waals surface area contributed by atoms with Gasteiger partial charge in [0.15, 0.2) is 0 Å². The number of hydrogen-bond donors (Lipinski definition) is 1. The van der Waals surface area contributed by atoms with E-state index >= 15 is 0 Å². The monoisotopic (exact) mass is 228 g/mol. The van der Waals surface area contributed by atoms with Gasteiger partial charge in [-0.05, 0) is 12.6 Å². The number of primary sulfonamides is 1. The first-order chi connectivity index (χ1) is 6.97. The number of nitrogens with zero attached hydrogens (tertiary/aromatic N) is 1. The molecule has 0 aromatic heterocycles. The van der Waals surface area contributed by atoms with Crippen LogP contribution in [-0.2, 0) is 16.6 Å². The molecular weight excluding hydrogens is 212 g/mol. The van der Waals surface area contributed by atoms with Crippen LogP contribution >= 0.6 is 0 Å². The predicted octanol–water partition coefficient (Wildman–Crippen LogP) is 0.407. The van der Waals surface area contributed by atoms with Gasteiger partial charge in [0, 0.05) is 13.1 Å². The summed E-state index contributed by atoms with van der Waals surface area (Å²) in [5.74, 6) is -0.00364. The average Bonchev–Trinajstić information content (AvgIpc) is 2.15. The zero-order valence-electron chi connectivity index (χ0n) is 8.76. The molecule has 0 heterocycles. The minimum Gasteiger partial charge on any atom is -0.301 e. The Morgan fingerprint density at radius 1 is 1.27 bits per heavy atom. The molecule has 0 aliphatic heterocycles. The Labute approximate surface area is 90.8 Å². The normalized spacial score (nSPS) is 11.9. The molecule has 5 heteroatoms. The highest BCUT2D eigenvalue weighted by atomic mass is 32.2. The van der Waals surface area contributed by atoms with Crippen molar-refractivity contribution in [2.24, 2.45) is 5.14 Å². The second-order valence-electron chi connectivity index (χ2n) is 3.59. The van der Waals surface area contributed by atoms with Crippen molar-refractivity contribution in [2.45, 2.75) is 6.54 Å². The molecule has 0 fully saturated rings. The molecule has 1 aromatic rings. The summed E-state index contributed by atoms with van der Waals surface area (Å²) < 4.78 is 21.5. The fraction of sp³-hybridized carbons (Fsp3) is 0.400. The summed E-state index contributed by atoms with van der Waals surface area (Å²) in [6.07, 6.45) is 0. The molecule has 4 nitrogen and oxygen atoms in total. The Hall–Kier alpha value is -0.910. The van der Waals surface area contributed by atoms with E-state index in [4.69, 9.17) is 5.14 Å². The van der Waals surface area contributed by atoms with Crippen molar-refractivity contribution in [3.05, 3.63) is 35.9 Å². The zero-order chi connectivity index (χ0) is 11.3. The summed E-state index contributed by atoms with van der Waals surface area (Å²) in [6, 6.07) is 9.89. The van der Waals surface area contributed by atoms with E-state index in [2.05, 4.69) is 0 Å². The molecule has 84 valence electrons. The second kappa shape index (κ2) is 5.25. The van der Waals surface area contributed by atoms with Gasteiger partial charge in [0.05, 0.1) is 5.75 Å². The van der Waals surface area contributed by atoms with Crippen molar-refractivity contribution in [3.63, 3.8) is 0 Å². The molecule has 0 amide bonds. The third-order valence-electron chi connectivity index (χ3n) is 2.05. The van der Waals surface area contributed by atoms with Gasteiger partial charge in [-0.15, -0.1) is 0 Å². The van der Waals surface area contributed by atoms with E-state index in [9.17, 15) is 8.42 Å². The lowest BCUT2D eigenvalue weighted by Crippen LogP contribution is -2.28. The summed E-state index contributed by atoms with van der Waals surface area (Å²) in [6.45, 7) is 1.18. The van der Waals surface area contributed by atoms with Crippen LogP contribution in [0.15, 0.2) is 30.3 Å². The first kappa shape index (κ1) is 12.2. The first-order valence-corrected chi connectivity index (χ1v) is 6.42. The summed E-state index contributed by atoms with van der Waals surface area (Å²) in [4.78, 5) is 1.93. The number of hydrogen-bond acceptors (Lipinski definition) is 3. The van der Waals surface area contributed by atoms with E-state index in [0.29, 0.717) is 6.54 Å². The molecule has 0 radical (unpaired) electrons. The van der Waals surface area contributed by atoms with E-state index in [1.54, 1.807) is 0 Å². The molecule has 1 rings (SSSR count). The SMILES string of the molecule is CN(CCS(N)(=O)=O)Cc1ccccc1. The van der Waals surface area contributed by atoms with E-state index in [1.807, 2.05) is 42.3 Å². The van der Waals surface area contributed by atoms with Crippen LogP contribution < -0.4 is 5.14 Å². The first-order valence-electron chi connectivity index (χ1n) is 4.70. The molecule has 0 saturated heterocycles. The quantitative estimate of drug-likeness (QED) is 0.793. The summed E-state index contributed by atoms with van der Waals surface area (Å²) in [7, 11) is -1.48. The fourth-order valence-corrected chi connectivity index (χ4v) is 1.82. The molecule has 1 aromatic carbocycles. The van der Waals surface area contributed by atoms with Gasteiger partial charge in [0.25, 0.3) is 0 Å². The van der Waals surface area contributed by atoms with Crippen molar-refractivity contribution < 1.29 is 8.42 Å². The zero-order valence-corrected chi connectivity index (χ0v) is 9.57. The molecule has 0 saturated carbocycles. The van der Waals surface area contributed by atoms with Crippen molar-refractivity contribution in [1.82, 2.24) is 4.90 Å². The highest BCUT2D eigenvalue weighted by Gasteiger charge is 2.05. The van der Waals surface area contributed by atoms with Crippen LogP contribution in [0.25, 0.3) is 0 Å². The highest BCUT2D eigenvalue weighted by molar-refractivity contribution is 7.89. The average molecular weight is 228 g/mol. The molecular formula is C10H16N2O2S. The predicted molar refractivity (Wildman–Crippen MR) is 60.8 cm³/mol. The molecule has 15 heavy (non-hydrogen) atoms. The maximum absolute atomic E-state index is 10.7. The highest BCUT2D eigenvalue weighted by Crippen LogP contribution is 2.02. The van der Waals surface area contributed by atoms with Crippen molar-refractivity contribution in [1.29, 1.82) is 0 Å². The third-order valence-corrected chi connectivity index (χ3v) is 2.80. The Kier molecular flexibility index (Phi) is 4.26. The van der Waals surface area contributed by atoms with Crippen LogP contribution in [0.3, 0.4) is 0 Å². The van der Waals surface area contributed by atoms with Crippen LogP contribution in [0.4, 0.5) is 0 Å². The van der Waals surface area contributed by atoms with Crippen molar-refractivity contribution in [2.75, 3.05) is 19.3 Å². The standard InChI is InChI=1S/C10H16N2O2S/c1-12(7-8-15(11,13)14)9-10-5-3-2-4-6-10/h2-6H,7-9H2,1H3,(H2,11,13,14). The largest absolute Gasteiger partial charge is 0.301 e. The Morgan fingerprint density at radius 3 is 2.40 bits per heavy atom.